The first-order valence-corrected chi connectivity index (χ1v) is 5.54. The average Bonchev–Trinajstić information content (AvgIpc) is 2.15. The fourth-order valence-corrected chi connectivity index (χ4v) is 4.37. The van der Waals surface area contributed by atoms with Crippen molar-refractivity contribution < 1.29 is 4.79 Å². The Kier molecular flexibility index (Phi) is 2.20. The number of primary amides is 1. The first-order valence-electron chi connectivity index (χ1n) is 3.15. The normalized spacial score (nSPS) is 40.0. The third-order valence-corrected chi connectivity index (χ3v) is 5.32. The van der Waals surface area contributed by atoms with Crippen LogP contribution in [0.4, 0.5) is 0 Å². The van der Waals surface area contributed by atoms with Gasteiger partial charge in [-0.2, -0.15) is 0 Å². The summed E-state index contributed by atoms with van der Waals surface area (Å²) in [7, 11) is 3.48. The molecule has 1 saturated heterocycles. The number of carbonyl (C=O) groups is 1. The molecule has 0 aromatic heterocycles. The molecular formula is C6H11NOS2. The van der Waals surface area contributed by atoms with Crippen molar-refractivity contribution in [3.05, 3.63) is 0 Å². The van der Waals surface area contributed by atoms with E-state index in [1.807, 2.05) is 6.92 Å². The molecule has 2 atom stereocenters. The first kappa shape index (κ1) is 8.27. The lowest BCUT2D eigenvalue weighted by molar-refractivity contribution is -0.125. The van der Waals surface area contributed by atoms with E-state index < -0.39 is 0 Å². The summed E-state index contributed by atoms with van der Waals surface area (Å²) in [6.45, 7) is 3.99. The van der Waals surface area contributed by atoms with E-state index in [9.17, 15) is 4.79 Å². The Balaban J connectivity index is 2.75. The molecule has 2 N–H and O–H groups in total. The van der Waals surface area contributed by atoms with E-state index in [-0.39, 0.29) is 11.3 Å². The van der Waals surface area contributed by atoms with Gasteiger partial charge in [0.2, 0.25) is 5.91 Å². The van der Waals surface area contributed by atoms with Crippen molar-refractivity contribution >= 4 is 27.5 Å². The summed E-state index contributed by atoms with van der Waals surface area (Å²) in [6, 6.07) is 0. The van der Waals surface area contributed by atoms with Crippen LogP contribution in [-0.2, 0) is 4.79 Å². The van der Waals surface area contributed by atoms with Crippen LogP contribution in [0.2, 0.25) is 0 Å². The smallest absolute Gasteiger partial charge is 0.225 e. The van der Waals surface area contributed by atoms with Crippen molar-refractivity contribution in [3.63, 3.8) is 0 Å². The van der Waals surface area contributed by atoms with Gasteiger partial charge in [-0.3, -0.25) is 4.79 Å². The summed E-state index contributed by atoms with van der Waals surface area (Å²) in [5, 5.41) is 0.356. The summed E-state index contributed by atoms with van der Waals surface area (Å²) in [6.07, 6.45) is 0. The highest BCUT2D eigenvalue weighted by molar-refractivity contribution is 8.77. The Morgan fingerprint density at radius 1 is 1.80 bits per heavy atom. The largest absolute Gasteiger partial charge is 0.369 e. The molecule has 0 aliphatic carbocycles. The molecule has 1 aliphatic rings. The zero-order chi connectivity index (χ0) is 7.78. The Bertz CT molecular complexity index is 162. The third kappa shape index (κ3) is 1.14. The Hall–Kier alpha value is 0.170. The maximum atomic E-state index is 10.9. The maximum Gasteiger partial charge on any atom is 0.225 e. The molecule has 1 heterocycles. The molecule has 2 unspecified atom stereocenters. The number of nitrogens with two attached hydrogens (primary N) is 1. The van der Waals surface area contributed by atoms with Crippen LogP contribution in [0.5, 0.6) is 0 Å². The van der Waals surface area contributed by atoms with Crippen molar-refractivity contribution in [2.24, 2.45) is 11.1 Å². The van der Waals surface area contributed by atoms with Gasteiger partial charge in [-0.25, -0.2) is 0 Å². The Morgan fingerprint density at radius 2 is 2.40 bits per heavy atom. The zero-order valence-electron chi connectivity index (χ0n) is 6.09. The molecular weight excluding hydrogens is 166 g/mol. The lowest BCUT2D eigenvalue weighted by Gasteiger charge is -2.22. The molecule has 0 spiro atoms. The van der Waals surface area contributed by atoms with Crippen molar-refractivity contribution in [1.82, 2.24) is 0 Å². The van der Waals surface area contributed by atoms with Crippen LogP contribution in [0.25, 0.3) is 0 Å². The summed E-state index contributed by atoms with van der Waals surface area (Å²) < 4.78 is 0. The van der Waals surface area contributed by atoms with Gasteiger partial charge in [0.15, 0.2) is 0 Å². The van der Waals surface area contributed by atoms with Crippen LogP contribution < -0.4 is 5.73 Å². The number of rotatable bonds is 1. The summed E-state index contributed by atoms with van der Waals surface area (Å²) in [4.78, 5) is 10.9. The second-order valence-electron chi connectivity index (χ2n) is 2.78. The zero-order valence-corrected chi connectivity index (χ0v) is 7.72. The number of carbonyl (C=O) groups excluding carboxylic acids is 1. The van der Waals surface area contributed by atoms with E-state index in [4.69, 9.17) is 5.73 Å². The highest BCUT2D eigenvalue weighted by atomic mass is 33.1. The molecule has 1 amide bonds. The first-order chi connectivity index (χ1) is 4.57. The average molecular weight is 177 g/mol. The minimum absolute atomic E-state index is 0.169. The second-order valence-corrected chi connectivity index (χ2v) is 5.49. The van der Waals surface area contributed by atoms with Gasteiger partial charge in [-0.1, -0.05) is 28.5 Å². The van der Waals surface area contributed by atoms with Gasteiger partial charge in [-0.05, 0) is 6.92 Å². The standard InChI is InChI=1S/C6H11NOS2/c1-4-6(2,5(7)8)3-9-10-4/h4H,3H2,1-2H3,(H2,7,8). The van der Waals surface area contributed by atoms with Gasteiger partial charge in [0.1, 0.15) is 0 Å². The number of hydrogen-bond acceptors (Lipinski definition) is 3. The van der Waals surface area contributed by atoms with Gasteiger partial charge in [0.25, 0.3) is 0 Å². The van der Waals surface area contributed by atoms with E-state index in [1.54, 1.807) is 21.6 Å². The van der Waals surface area contributed by atoms with E-state index in [2.05, 4.69) is 6.92 Å². The van der Waals surface area contributed by atoms with Gasteiger partial charge in [0.05, 0.1) is 5.41 Å². The Morgan fingerprint density at radius 3 is 2.60 bits per heavy atom. The molecule has 58 valence electrons. The number of amides is 1. The van der Waals surface area contributed by atoms with Crippen LogP contribution in [0, 0.1) is 5.41 Å². The fraction of sp³-hybridized carbons (Fsp3) is 0.833. The number of hydrogen-bond donors (Lipinski definition) is 1. The van der Waals surface area contributed by atoms with Crippen molar-refractivity contribution in [2.45, 2.75) is 19.1 Å². The van der Waals surface area contributed by atoms with Gasteiger partial charge >= 0.3 is 0 Å². The molecule has 2 nitrogen and oxygen atoms in total. The van der Waals surface area contributed by atoms with Crippen molar-refractivity contribution in [2.75, 3.05) is 5.75 Å². The minimum Gasteiger partial charge on any atom is -0.369 e. The van der Waals surface area contributed by atoms with Crippen LogP contribution in [0.3, 0.4) is 0 Å². The Labute approximate surface area is 68.7 Å². The molecule has 10 heavy (non-hydrogen) atoms. The van der Waals surface area contributed by atoms with E-state index in [1.165, 1.54) is 0 Å². The molecule has 0 bridgehead atoms. The molecule has 0 saturated carbocycles. The van der Waals surface area contributed by atoms with E-state index in [0.29, 0.717) is 5.25 Å². The fourth-order valence-electron chi connectivity index (χ4n) is 0.754. The predicted octanol–water partition coefficient (Wildman–Crippen LogP) is 1.26. The van der Waals surface area contributed by atoms with Crippen LogP contribution >= 0.6 is 21.6 Å². The quantitative estimate of drug-likeness (QED) is 0.613. The maximum absolute atomic E-state index is 10.9. The van der Waals surface area contributed by atoms with Gasteiger partial charge in [0, 0.05) is 11.0 Å². The second kappa shape index (κ2) is 2.66. The summed E-state index contributed by atoms with van der Waals surface area (Å²) in [5.74, 6) is 0.686. The molecule has 1 aliphatic heterocycles. The van der Waals surface area contributed by atoms with Crippen molar-refractivity contribution in [3.8, 4) is 0 Å². The van der Waals surface area contributed by atoms with Gasteiger partial charge < -0.3 is 5.73 Å². The van der Waals surface area contributed by atoms with Crippen LogP contribution in [-0.4, -0.2) is 16.9 Å². The van der Waals surface area contributed by atoms with Crippen molar-refractivity contribution in [1.29, 1.82) is 0 Å². The molecule has 0 aromatic rings. The molecule has 4 heteroatoms. The lowest BCUT2D eigenvalue weighted by Crippen LogP contribution is -2.40. The third-order valence-electron chi connectivity index (χ3n) is 2.03. The van der Waals surface area contributed by atoms with Gasteiger partial charge in [-0.15, -0.1) is 0 Å². The summed E-state index contributed by atoms with van der Waals surface area (Å²) in [5.41, 5.74) is 4.97. The SMILES string of the molecule is CC1SSCC1(C)C(N)=O. The topological polar surface area (TPSA) is 43.1 Å². The predicted molar refractivity (Wildman–Crippen MR) is 46.8 cm³/mol. The monoisotopic (exact) mass is 177 g/mol. The summed E-state index contributed by atoms with van der Waals surface area (Å²) >= 11 is 0. The highest BCUT2D eigenvalue weighted by Crippen LogP contribution is 2.48. The van der Waals surface area contributed by atoms with E-state index in [0.717, 1.165) is 5.75 Å². The minimum atomic E-state index is -0.282. The highest BCUT2D eigenvalue weighted by Gasteiger charge is 2.42. The molecule has 0 radical (unpaired) electrons. The van der Waals surface area contributed by atoms with Crippen LogP contribution in [0.1, 0.15) is 13.8 Å². The molecule has 1 rings (SSSR count). The van der Waals surface area contributed by atoms with E-state index >= 15 is 0 Å². The molecule has 0 aromatic carbocycles. The molecule has 1 fully saturated rings. The van der Waals surface area contributed by atoms with Crippen LogP contribution in [0.15, 0.2) is 0 Å². The lowest BCUT2D eigenvalue weighted by atomic mass is 9.89.